The molecule has 1 aromatic carbocycles. The van der Waals surface area contributed by atoms with E-state index in [0.29, 0.717) is 30.0 Å². The summed E-state index contributed by atoms with van der Waals surface area (Å²) in [6.07, 6.45) is 2.06. The van der Waals surface area contributed by atoms with E-state index in [-0.39, 0.29) is 0 Å². The molecular weight excluding hydrogens is 242 g/mol. The molecular formula is C13H13N5O. The molecule has 6 nitrogen and oxygen atoms in total. The van der Waals surface area contributed by atoms with Crippen molar-refractivity contribution in [1.29, 1.82) is 0 Å². The summed E-state index contributed by atoms with van der Waals surface area (Å²) >= 11 is 0. The van der Waals surface area contributed by atoms with Gasteiger partial charge in [0.2, 0.25) is 0 Å². The highest BCUT2D eigenvalue weighted by Gasteiger charge is 2.07. The van der Waals surface area contributed by atoms with Crippen molar-refractivity contribution in [3.63, 3.8) is 0 Å². The van der Waals surface area contributed by atoms with E-state index in [9.17, 15) is 0 Å². The summed E-state index contributed by atoms with van der Waals surface area (Å²) in [6.45, 7) is 0.539. The number of anilines is 1. The van der Waals surface area contributed by atoms with Gasteiger partial charge >= 0.3 is 0 Å². The zero-order valence-corrected chi connectivity index (χ0v) is 10.2. The van der Waals surface area contributed by atoms with Gasteiger partial charge in [0.15, 0.2) is 11.5 Å². The van der Waals surface area contributed by atoms with E-state index in [2.05, 4.69) is 19.9 Å². The Morgan fingerprint density at radius 3 is 2.79 bits per heavy atom. The number of ether oxygens (including phenoxy) is 1. The number of nitrogens with zero attached hydrogens (tertiary/aromatic N) is 3. The highest BCUT2D eigenvalue weighted by atomic mass is 16.5. The molecule has 0 spiro atoms. The molecule has 6 heteroatoms. The molecule has 0 aliphatic rings. The summed E-state index contributed by atoms with van der Waals surface area (Å²) in [4.78, 5) is 15.4. The number of H-pyrrole nitrogens is 1. The molecule has 0 aliphatic heterocycles. The number of imidazole rings is 1. The normalized spacial score (nSPS) is 10.7. The summed E-state index contributed by atoms with van der Waals surface area (Å²) in [5.41, 5.74) is 7.00. The summed E-state index contributed by atoms with van der Waals surface area (Å²) < 4.78 is 5.61. The maximum atomic E-state index is 5.74. The van der Waals surface area contributed by atoms with Crippen LogP contribution in [0.15, 0.2) is 36.7 Å². The zero-order valence-electron chi connectivity index (χ0n) is 10.2. The van der Waals surface area contributed by atoms with Gasteiger partial charge in [-0.25, -0.2) is 15.0 Å². The fourth-order valence-corrected chi connectivity index (χ4v) is 1.79. The number of aromatic amines is 1. The summed E-state index contributed by atoms with van der Waals surface area (Å²) in [7, 11) is 0. The summed E-state index contributed by atoms with van der Waals surface area (Å²) in [5, 5.41) is 0. The third-order valence-corrected chi connectivity index (χ3v) is 2.72. The van der Waals surface area contributed by atoms with Crippen LogP contribution in [-0.4, -0.2) is 26.5 Å². The predicted molar refractivity (Wildman–Crippen MR) is 71.7 cm³/mol. The van der Waals surface area contributed by atoms with Gasteiger partial charge in [0, 0.05) is 6.42 Å². The SMILES string of the molecule is Nc1ncnc2nc(CCOc3ccccc3)[nH]c12. The Morgan fingerprint density at radius 1 is 1.16 bits per heavy atom. The lowest BCUT2D eigenvalue weighted by atomic mass is 10.3. The number of nitrogen functional groups attached to an aromatic ring is 1. The second-order valence-corrected chi connectivity index (χ2v) is 4.05. The lowest BCUT2D eigenvalue weighted by molar-refractivity contribution is 0.319. The first-order valence-electron chi connectivity index (χ1n) is 5.96. The Kier molecular flexibility index (Phi) is 2.97. The average molecular weight is 255 g/mol. The highest BCUT2D eigenvalue weighted by Crippen LogP contribution is 2.14. The van der Waals surface area contributed by atoms with Crippen molar-refractivity contribution in [2.24, 2.45) is 0 Å². The van der Waals surface area contributed by atoms with Crippen LogP contribution in [0.1, 0.15) is 5.82 Å². The molecule has 0 fully saturated rings. The van der Waals surface area contributed by atoms with Gasteiger partial charge in [-0.3, -0.25) is 0 Å². The molecule has 3 rings (SSSR count). The molecule has 0 aliphatic carbocycles. The molecule has 0 radical (unpaired) electrons. The Morgan fingerprint density at radius 2 is 2.00 bits per heavy atom. The van der Waals surface area contributed by atoms with Crippen LogP contribution in [0.25, 0.3) is 11.2 Å². The predicted octanol–water partition coefficient (Wildman–Crippen LogP) is 1.56. The van der Waals surface area contributed by atoms with Crippen LogP contribution in [0.4, 0.5) is 5.82 Å². The van der Waals surface area contributed by atoms with Crippen molar-refractivity contribution in [2.75, 3.05) is 12.3 Å². The molecule has 0 unspecified atom stereocenters. The summed E-state index contributed by atoms with van der Waals surface area (Å²) in [5.74, 6) is 2.05. The number of hydrogen-bond donors (Lipinski definition) is 2. The number of benzene rings is 1. The van der Waals surface area contributed by atoms with Crippen molar-refractivity contribution < 1.29 is 4.74 Å². The van der Waals surface area contributed by atoms with Crippen molar-refractivity contribution in [3.8, 4) is 5.75 Å². The first-order valence-corrected chi connectivity index (χ1v) is 5.96. The standard InChI is InChI=1S/C13H13N5O/c14-12-11-13(16-8-15-12)18-10(17-11)6-7-19-9-4-2-1-3-5-9/h1-5,8H,6-7H2,(H3,14,15,16,17,18). The quantitative estimate of drug-likeness (QED) is 0.738. The van der Waals surface area contributed by atoms with E-state index in [1.165, 1.54) is 6.33 Å². The number of aromatic nitrogens is 4. The maximum absolute atomic E-state index is 5.74. The fourth-order valence-electron chi connectivity index (χ4n) is 1.79. The third-order valence-electron chi connectivity index (χ3n) is 2.72. The summed E-state index contributed by atoms with van der Waals surface area (Å²) in [6, 6.07) is 9.66. The van der Waals surface area contributed by atoms with Gasteiger partial charge in [-0.05, 0) is 12.1 Å². The van der Waals surface area contributed by atoms with Gasteiger partial charge in [-0.2, -0.15) is 0 Å². The van der Waals surface area contributed by atoms with Gasteiger partial charge in [0.05, 0.1) is 6.61 Å². The van der Waals surface area contributed by atoms with Crippen LogP contribution in [0, 0.1) is 0 Å². The topological polar surface area (TPSA) is 89.7 Å². The van der Waals surface area contributed by atoms with Crippen LogP contribution in [-0.2, 0) is 6.42 Å². The second kappa shape index (κ2) is 4.93. The number of nitrogens with one attached hydrogen (secondary N) is 1. The van der Waals surface area contributed by atoms with Crippen molar-refractivity contribution in [2.45, 2.75) is 6.42 Å². The molecule has 19 heavy (non-hydrogen) atoms. The minimum atomic E-state index is 0.410. The molecule has 96 valence electrons. The van der Waals surface area contributed by atoms with E-state index in [0.717, 1.165) is 11.6 Å². The van der Waals surface area contributed by atoms with E-state index < -0.39 is 0 Å². The highest BCUT2D eigenvalue weighted by molar-refractivity contribution is 5.80. The van der Waals surface area contributed by atoms with Crippen molar-refractivity contribution in [1.82, 2.24) is 19.9 Å². The van der Waals surface area contributed by atoms with Gasteiger partial charge in [0.25, 0.3) is 0 Å². The largest absolute Gasteiger partial charge is 0.493 e. The molecule has 0 bridgehead atoms. The fraction of sp³-hybridized carbons (Fsp3) is 0.154. The first kappa shape index (κ1) is 11.5. The molecule has 0 amide bonds. The zero-order chi connectivity index (χ0) is 13.1. The second-order valence-electron chi connectivity index (χ2n) is 4.05. The monoisotopic (exact) mass is 255 g/mol. The van der Waals surface area contributed by atoms with Crippen LogP contribution >= 0.6 is 0 Å². The molecule has 2 aromatic heterocycles. The Balaban J connectivity index is 1.67. The Bertz CT molecular complexity index is 680. The molecule has 0 saturated carbocycles. The lowest BCUT2D eigenvalue weighted by Crippen LogP contribution is -2.02. The average Bonchev–Trinajstić information content (AvgIpc) is 2.84. The van der Waals surface area contributed by atoms with Crippen LogP contribution in [0.3, 0.4) is 0 Å². The molecule has 2 heterocycles. The van der Waals surface area contributed by atoms with E-state index in [1.54, 1.807) is 0 Å². The Hall–Kier alpha value is -2.63. The van der Waals surface area contributed by atoms with E-state index in [4.69, 9.17) is 10.5 Å². The van der Waals surface area contributed by atoms with Crippen LogP contribution < -0.4 is 10.5 Å². The Labute approximate surface area is 109 Å². The number of para-hydroxylation sites is 1. The van der Waals surface area contributed by atoms with Crippen molar-refractivity contribution >= 4 is 17.0 Å². The van der Waals surface area contributed by atoms with Crippen molar-refractivity contribution in [3.05, 3.63) is 42.5 Å². The van der Waals surface area contributed by atoms with Crippen LogP contribution in [0.5, 0.6) is 5.75 Å². The first-order chi connectivity index (χ1) is 9.33. The van der Waals surface area contributed by atoms with Gasteiger partial charge < -0.3 is 15.5 Å². The van der Waals surface area contributed by atoms with Crippen LogP contribution in [0.2, 0.25) is 0 Å². The van der Waals surface area contributed by atoms with Gasteiger partial charge in [-0.1, -0.05) is 18.2 Å². The molecule has 0 saturated heterocycles. The number of fused-ring (bicyclic) bond motifs is 1. The minimum Gasteiger partial charge on any atom is -0.493 e. The number of rotatable bonds is 4. The molecule has 0 atom stereocenters. The molecule has 3 N–H and O–H groups in total. The van der Waals surface area contributed by atoms with Gasteiger partial charge in [-0.15, -0.1) is 0 Å². The van der Waals surface area contributed by atoms with E-state index >= 15 is 0 Å². The number of nitrogens with two attached hydrogens (primary N) is 1. The maximum Gasteiger partial charge on any atom is 0.183 e. The van der Waals surface area contributed by atoms with Gasteiger partial charge in [0.1, 0.15) is 23.4 Å². The minimum absolute atomic E-state index is 0.410. The van der Waals surface area contributed by atoms with E-state index in [1.807, 2.05) is 30.3 Å². The molecule has 3 aromatic rings. The lowest BCUT2D eigenvalue weighted by Gasteiger charge is -2.03. The third kappa shape index (κ3) is 2.47. The smallest absolute Gasteiger partial charge is 0.183 e. The number of hydrogen-bond acceptors (Lipinski definition) is 5.